The van der Waals surface area contributed by atoms with Gasteiger partial charge in [0.05, 0.1) is 19.9 Å². The number of fused-ring (bicyclic) bond motifs is 1. The van der Waals surface area contributed by atoms with Gasteiger partial charge >= 0.3 is 0 Å². The van der Waals surface area contributed by atoms with Gasteiger partial charge in [-0.3, -0.25) is 4.79 Å². The van der Waals surface area contributed by atoms with Crippen LogP contribution in [0.3, 0.4) is 0 Å². The van der Waals surface area contributed by atoms with Gasteiger partial charge in [-0.2, -0.15) is 0 Å². The molecule has 1 heterocycles. The first kappa shape index (κ1) is 15.0. The number of anilines is 1. The van der Waals surface area contributed by atoms with Crippen LogP contribution in [0.25, 0.3) is 11.6 Å². The molecule has 2 aromatic rings. The van der Waals surface area contributed by atoms with Crippen LogP contribution in [-0.4, -0.2) is 25.2 Å². The molecule has 1 aliphatic rings. The topological polar surface area (TPSA) is 67.8 Å². The first-order valence-corrected chi connectivity index (χ1v) is 7.13. The predicted octanol–water partition coefficient (Wildman–Crippen LogP) is 3.21. The molecule has 118 valence electrons. The molecule has 1 aliphatic heterocycles. The number of phenolic OH excluding ortho intramolecular Hbond substituents is 1. The number of rotatable bonds is 3. The first-order chi connectivity index (χ1) is 11.0. The standard InChI is InChI=1S/C18H17NO4/c1-10-5-4-6-11(17(10)20)7-13-12-8-15(22-2)16(23-3)9-14(12)19-18(13)21/h4-9,20H,1-3H3,(H,19,21)/b13-7-. The van der Waals surface area contributed by atoms with Gasteiger partial charge in [-0.1, -0.05) is 18.2 Å². The second-order valence-corrected chi connectivity index (χ2v) is 5.28. The molecule has 0 radical (unpaired) electrons. The van der Waals surface area contributed by atoms with E-state index >= 15 is 0 Å². The van der Waals surface area contributed by atoms with E-state index in [0.717, 1.165) is 5.56 Å². The van der Waals surface area contributed by atoms with Crippen molar-refractivity contribution >= 4 is 23.2 Å². The second-order valence-electron chi connectivity index (χ2n) is 5.28. The summed E-state index contributed by atoms with van der Waals surface area (Å²) in [6.07, 6.45) is 1.68. The van der Waals surface area contributed by atoms with E-state index in [9.17, 15) is 9.90 Å². The fourth-order valence-electron chi connectivity index (χ4n) is 2.61. The van der Waals surface area contributed by atoms with E-state index in [1.54, 1.807) is 38.5 Å². The van der Waals surface area contributed by atoms with Gasteiger partial charge in [0.25, 0.3) is 5.91 Å². The number of ether oxygens (including phenoxy) is 2. The number of hydrogen-bond donors (Lipinski definition) is 2. The smallest absolute Gasteiger partial charge is 0.256 e. The summed E-state index contributed by atoms with van der Waals surface area (Å²) >= 11 is 0. The zero-order chi connectivity index (χ0) is 16.6. The molecule has 2 N–H and O–H groups in total. The van der Waals surface area contributed by atoms with E-state index in [4.69, 9.17) is 9.47 Å². The van der Waals surface area contributed by atoms with Crippen LogP contribution in [0.2, 0.25) is 0 Å². The summed E-state index contributed by atoms with van der Waals surface area (Å²) in [6.45, 7) is 1.81. The average Bonchev–Trinajstić information content (AvgIpc) is 2.85. The van der Waals surface area contributed by atoms with Crippen LogP contribution >= 0.6 is 0 Å². The van der Waals surface area contributed by atoms with Crippen LogP contribution in [0.15, 0.2) is 30.3 Å². The van der Waals surface area contributed by atoms with Gasteiger partial charge < -0.3 is 19.9 Å². The van der Waals surface area contributed by atoms with Crippen molar-refractivity contribution in [3.8, 4) is 17.2 Å². The normalized spacial score (nSPS) is 14.6. The molecule has 0 saturated heterocycles. The highest BCUT2D eigenvalue weighted by Crippen LogP contribution is 2.41. The fraction of sp³-hybridized carbons (Fsp3) is 0.167. The number of nitrogens with one attached hydrogen (secondary N) is 1. The van der Waals surface area contributed by atoms with Gasteiger partial charge in [-0.15, -0.1) is 0 Å². The van der Waals surface area contributed by atoms with Crippen LogP contribution in [0, 0.1) is 6.92 Å². The molecule has 5 heteroatoms. The summed E-state index contributed by atoms with van der Waals surface area (Å²) < 4.78 is 10.5. The zero-order valence-corrected chi connectivity index (χ0v) is 13.1. The van der Waals surface area contributed by atoms with Crippen molar-refractivity contribution in [3.63, 3.8) is 0 Å². The molecule has 0 unspecified atom stereocenters. The molecule has 0 spiro atoms. The van der Waals surface area contributed by atoms with E-state index in [2.05, 4.69) is 5.32 Å². The number of hydrogen-bond acceptors (Lipinski definition) is 4. The van der Waals surface area contributed by atoms with Crippen LogP contribution in [0.5, 0.6) is 17.2 Å². The minimum atomic E-state index is -0.226. The molecular weight excluding hydrogens is 294 g/mol. The number of carbonyl (C=O) groups is 1. The Hall–Kier alpha value is -2.95. The lowest BCUT2D eigenvalue weighted by molar-refractivity contribution is -0.110. The van der Waals surface area contributed by atoms with Crippen molar-refractivity contribution in [2.75, 3.05) is 19.5 Å². The minimum absolute atomic E-state index is 0.168. The van der Waals surface area contributed by atoms with Crippen molar-refractivity contribution in [3.05, 3.63) is 47.0 Å². The second kappa shape index (κ2) is 5.68. The van der Waals surface area contributed by atoms with Gasteiger partial charge in [0.2, 0.25) is 0 Å². The number of amides is 1. The third-order valence-electron chi connectivity index (χ3n) is 3.88. The predicted molar refractivity (Wildman–Crippen MR) is 88.9 cm³/mol. The highest BCUT2D eigenvalue weighted by molar-refractivity contribution is 6.35. The third kappa shape index (κ3) is 2.50. The molecule has 1 amide bonds. The van der Waals surface area contributed by atoms with Gasteiger partial charge in [0.15, 0.2) is 11.5 Å². The van der Waals surface area contributed by atoms with Crippen LogP contribution in [0.4, 0.5) is 5.69 Å². The Balaban J connectivity index is 2.15. The summed E-state index contributed by atoms with van der Waals surface area (Å²) in [5.41, 5.74) is 3.20. The number of phenols is 1. The Kier molecular flexibility index (Phi) is 3.70. The molecule has 3 rings (SSSR count). The highest BCUT2D eigenvalue weighted by Gasteiger charge is 2.27. The van der Waals surface area contributed by atoms with Crippen molar-refractivity contribution < 1.29 is 19.4 Å². The SMILES string of the molecule is COc1cc2c(cc1OC)/C(=C/c1cccc(C)c1O)C(=O)N2. The molecule has 2 aromatic carbocycles. The third-order valence-corrected chi connectivity index (χ3v) is 3.88. The van der Waals surface area contributed by atoms with E-state index in [1.165, 1.54) is 0 Å². The lowest BCUT2D eigenvalue weighted by Gasteiger charge is -2.09. The average molecular weight is 311 g/mol. The maximum Gasteiger partial charge on any atom is 0.256 e. The van der Waals surface area contributed by atoms with E-state index < -0.39 is 0 Å². The molecule has 0 bridgehead atoms. The summed E-state index contributed by atoms with van der Waals surface area (Å²) in [5, 5.41) is 13.0. The van der Waals surface area contributed by atoms with E-state index in [1.807, 2.05) is 19.1 Å². The van der Waals surface area contributed by atoms with Crippen molar-refractivity contribution in [1.82, 2.24) is 0 Å². The maximum absolute atomic E-state index is 12.3. The molecule has 0 saturated carbocycles. The molecule has 5 nitrogen and oxygen atoms in total. The monoisotopic (exact) mass is 311 g/mol. The van der Waals surface area contributed by atoms with Gasteiger partial charge in [-0.05, 0) is 24.6 Å². The number of methoxy groups -OCH3 is 2. The number of aromatic hydroxyl groups is 1. The van der Waals surface area contributed by atoms with E-state index in [-0.39, 0.29) is 11.7 Å². The summed E-state index contributed by atoms with van der Waals surface area (Å²) in [5.74, 6) is 1.03. The van der Waals surface area contributed by atoms with Gasteiger partial charge in [0, 0.05) is 22.8 Å². The Labute approximate surface area is 134 Å². The quantitative estimate of drug-likeness (QED) is 0.854. The Bertz CT molecular complexity index is 824. The van der Waals surface area contributed by atoms with Gasteiger partial charge in [0.1, 0.15) is 5.75 Å². The largest absolute Gasteiger partial charge is 0.507 e. The molecule has 0 atom stereocenters. The van der Waals surface area contributed by atoms with Crippen LogP contribution in [0.1, 0.15) is 16.7 Å². The molecular formula is C18H17NO4. The zero-order valence-electron chi connectivity index (χ0n) is 13.1. The van der Waals surface area contributed by atoms with Crippen molar-refractivity contribution in [2.24, 2.45) is 0 Å². The summed E-state index contributed by atoms with van der Waals surface area (Å²) in [7, 11) is 3.09. The number of para-hydroxylation sites is 1. The molecule has 0 aliphatic carbocycles. The van der Waals surface area contributed by atoms with Crippen LogP contribution < -0.4 is 14.8 Å². The van der Waals surface area contributed by atoms with Crippen molar-refractivity contribution in [2.45, 2.75) is 6.92 Å². The van der Waals surface area contributed by atoms with Crippen LogP contribution in [-0.2, 0) is 4.79 Å². The fourth-order valence-corrected chi connectivity index (χ4v) is 2.61. The summed E-state index contributed by atoms with van der Waals surface area (Å²) in [4.78, 5) is 12.3. The maximum atomic E-state index is 12.3. The van der Waals surface area contributed by atoms with E-state index in [0.29, 0.717) is 33.9 Å². The molecule has 23 heavy (non-hydrogen) atoms. The lowest BCUT2D eigenvalue weighted by atomic mass is 10.0. The molecule has 0 aromatic heterocycles. The number of benzene rings is 2. The van der Waals surface area contributed by atoms with Gasteiger partial charge in [-0.25, -0.2) is 0 Å². The minimum Gasteiger partial charge on any atom is -0.507 e. The summed E-state index contributed by atoms with van der Waals surface area (Å²) in [6, 6.07) is 8.90. The first-order valence-electron chi connectivity index (χ1n) is 7.13. The Morgan fingerprint density at radius 3 is 2.52 bits per heavy atom. The Morgan fingerprint density at radius 1 is 1.13 bits per heavy atom. The molecule has 0 fully saturated rings. The van der Waals surface area contributed by atoms with Crippen molar-refractivity contribution in [1.29, 1.82) is 0 Å². The Morgan fingerprint density at radius 2 is 1.83 bits per heavy atom. The number of aryl methyl sites for hydroxylation is 1. The highest BCUT2D eigenvalue weighted by atomic mass is 16.5. The lowest BCUT2D eigenvalue weighted by Crippen LogP contribution is -2.03. The number of carbonyl (C=O) groups excluding carboxylic acids is 1.